The van der Waals surface area contributed by atoms with Crippen LogP contribution < -0.4 is 10.6 Å². The minimum absolute atomic E-state index is 0.119. The van der Waals surface area contributed by atoms with E-state index in [9.17, 15) is 14.4 Å². The highest BCUT2D eigenvalue weighted by Crippen LogP contribution is 2.17. The molecule has 0 unspecified atom stereocenters. The van der Waals surface area contributed by atoms with Gasteiger partial charge in [-0.1, -0.05) is 28.9 Å². The molecule has 1 aromatic heterocycles. The Labute approximate surface area is 149 Å². The monoisotopic (exact) mass is 357 g/mol. The van der Waals surface area contributed by atoms with Crippen molar-refractivity contribution in [3.63, 3.8) is 0 Å². The van der Waals surface area contributed by atoms with Gasteiger partial charge in [0.1, 0.15) is 6.04 Å². The molecule has 1 aromatic carbocycles. The van der Waals surface area contributed by atoms with Gasteiger partial charge in [0.15, 0.2) is 0 Å². The molecule has 0 spiro atoms. The summed E-state index contributed by atoms with van der Waals surface area (Å²) in [5.74, 6) is 0.193. The maximum absolute atomic E-state index is 12.2. The average Bonchev–Trinajstić information content (AvgIpc) is 3.18. The van der Waals surface area contributed by atoms with Crippen LogP contribution in [0.5, 0.6) is 0 Å². The number of nitrogens with zero attached hydrogens (tertiary/aromatic N) is 3. The quantitative estimate of drug-likeness (QED) is 0.745. The van der Waals surface area contributed by atoms with Crippen molar-refractivity contribution >= 4 is 17.8 Å². The van der Waals surface area contributed by atoms with Gasteiger partial charge in [-0.3, -0.25) is 14.9 Å². The summed E-state index contributed by atoms with van der Waals surface area (Å²) < 4.78 is 5.21. The van der Waals surface area contributed by atoms with Gasteiger partial charge in [-0.05, 0) is 19.4 Å². The summed E-state index contributed by atoms with van der Waals surface area (Å²) >= 11 is 0. The molecule has 26 heavy (non-hydrogen) atoms. The Balaban J connectivity index is 1.54. The van der Waals surface area contributed by atoms with Crippen molar-refractivity contribution < 1.29 is 18.9 Å². The number of carbonyl (C=O) groups is 3. The fourth-order valence-electron chi connectivity index (χ4n) is 2.63. The van der Waals surface area contributed by atoms with Gasteiger partial charge in [-0.15, -0.1) is 0 Å². The van der Waals surface area contributed by atoms with Crippen LogP contribution in [0.1, 0.15) is 24.3 Å². The summed E-state index contributed by atoms with van der Waals surface area (Å²) in [5.41, 5.74) is 1.93. The van der Waals surface area contributed by atoms with Gasteiger partial charge >= 0.3 is 6.03 Å². The summed E-state index contributed by atoms with van der Waals surface area (Å²) in [4.78, 5) is 40.5. The molecular weight excluding hydrogens is 338 g/mol. The first kappa shape index (κ1) is 17.6. The first-order valence-electron chi connectivity index (χ1n) is 8.17. The lowest BCUT2D eigenvalue weighted by Crippen LogP contribution is -2.32. The number of amides is 4. The van der Waals surface area contributed by atoms with Crippen LogP contribution in [0.15, 0.2) is 28.8 Å². The number of imide groups is 1. The van der Waals surface area contributed by atoms with Crippen LogP contribution in [0.4, 0.5) is 4.79 Å². The van der Waals surface area contributed by atoms with Gasteiger partial charge in [0.05, 0.1) is 6.54 Å². The van der Waals surface area contributed by atoms with Gasteiger partial charge in [-0.2, -0.15) is 4.98 Å². The topological polar surface area (TPSA) is 117 Å². The molecule has 3 rings (SSSR count). The Morgan fingerprint density at radius 2 is 2.15 bits per heavy atom. The number of carbonyl (C=O) groups excluding carboxylic acids is 3. The molecule has 1 aliphatic rings. The second-order valence-electron chi connectivity index (χ2n) is 6.18. The first-order valence-corrected chi connectivity index (χ1v) is 8.17. The maximum atomic E-state index is 12.2. The van der Waals surface area contributed by atoms with E-state index in [0.717, 1.165) is 11.1 Å². The fourth-order valence-corrected chi connectivity index (χ4v) is 2.63. The van der Waals surface area contributed by atoms with Crippen LogP contribution in [-0.4, -0.2) is 46.0 Å². The molecule has 9 nitrogen and oxygen atoms in total. The molecule has 1 fully saturated rings. The van der Waals surface area contributed by atoms with Crippen molar-refractivity contribution in [2.45, 2.75) is 32.4 Å². The molecular formula is C17H19N5O4. The highest BCUT2D eigenvalue weighted by molar-refractivity contribution is 6.04. The van der Waals surface area contributed by atoms with Crippen LogP contribution >= 0.6 is 0 Å². The lowest BCUT2D eigenvalue weighted by atomic mass is 10.1. The van der Waals surface area contributed by atoms with Gasteiger partial charge in [0.2, 0.25) is 17.6 Å². The number of hydrogen-bond donors (Lipinski definition) is 2. The van der Waals surface area contributed by atoms with Crippen LogP contribution in [0.2, 0.25) is 0 Å². The summed E-state index contributed by atoms with van der Waals surface area (Å²) in [5, 5.41) is 8.54. The Morgan fingerprint density at radius 1 is 1.35 bits per heavy atom. The summed E-state index contributed by atoms with van der Waals surface area (Å²) in [6, 6.07) is 6.52. The van der Waals surface area contributed by atoms with E-state index in [4.69, 9.17) is 4.52 Å². The molecule has 2 heterocycles. The first-order chi connectivity index (χ1) is 12.4. The third-order valence-corrected chi connectivity index (χ3v) is 4.05. The molecule has 2 N–H and O–H groups in total. The highest BCUT2D eigenvalue weighted by Gasteiger charge is 2.30. The molecule has 0 aliphatic carbocycles. The van der Waals surface area contributed by atoms with E-state index in [1.165, 1.54) is 4.90 Å². The normalized spacial score (nSPS) is 16.3. The largest absolute Gasteiger partial charge is 0.337 e. The van der Waals surface area contributed by atoms with Crippen molar-refractivity contribution in [1.82, 2.24) is 25.7 Å². The smallest absolute Gasteiger partial charge is 0.322 e. The molecule has 2 aromatic rings. The molecule has 4 amide bonds. The minimum atomic E-state index is -0.670. The summed E-state index contributed by atoms with van der Waals surface area (Å²) in [6.45, 7) is 2.14. The predicted octanol–water partition coefficient (Wildman–Crippen LogP) is 0.992. The van der Waals surface area contributed by atoms with Crippen molar-refractivity contribution in [3.05, 3.63) is 35.7 Å². The third kappa shape index (κ3) is 4.05. The van der Waals surface area contributed by atoms with E-state index < -0.39 is 18.0 Å². The fraction of sp³-hybridized carbons (Fsp3) is 0.353. The minimum Gasteiger partial charge on any atom is -0.337 e. The Morgan fingerprint density at radius 3 is 2.85 bits per heavy atom. The summed E-state index contributed by atoms with van der Waals surface area (Å²) in [7, 11) is 1.62. The third-order valence-electron chi connectivity index (χ3n) is 4.05. The lowest BCUT2D eigenvalue weighted by Gasteiger charge is -2.15. The van der Waals surface area contributed by atoms with Gasteiger partial charge < -0.3 is 14.7 Å². The van der Waals surface area contributed by atoms with Crippen molar-refractivity contribution in [3.8, 4) is 11.4 Å². The second kappa shape index (κ2) is 7.34. The van der Waals surface area contributed by atoms with Crippen LogP contribution in [0.25, 0.3) is 11.4 Å². The highest BCUT2D eigenvalue weighted by atomic mass is 16.5. The predicted molar refractivity (Wildman–Crippen MR) is 90.6 cm³/mol. The van der Waals surface area contributed by atoms with Crippen molar-refractivity contribution in [1.29, 1.82) is 0 Å². The zero-order valence-corrected chi connectivity index (χ0v) is 14.5. The average molecular weight is 357 g/mol. The van der Waals surface area contributed by atoms with Gasteiger partial charge in [0.25, 0.3) is 5.91 Å². The van der Waals surface area contributed by atoms with Crippen molar-refractivity contribution in [2.24, 2.45) is 0 Å². The Bertz CT molecular complexity index is 847. The van der Waals surface area contributed by atoms with Gasteiger partial charge in [0, 0.05) is 19.0 Å². The molecule has 1 aliphatic heterocycles. The number of benzene rings is 1. The molecule has 136 valence electrons. The van der Waals surface area contributed by atoms with E-state index in [0.29, 0.717) is 11.7 Å². The number of urea groups is 1. The maximum Gasteiger partial charge on any atom is 0.322 e. The molecule has 0 saturated carbocycles. The number of aryl methyl sites for hydroxylation is 1. The van der Waals surface area contributed by atoms with E-state index >= 15 is 0 Å². The lowest BCUT2D eigenvalue weighted by molar-refractivity contribution is -0.131. The standard InChI is InChI=1S/C17H19N5O4/c1-10-4-3-5-11(8-10)15-19-13(26-21-15)9-22(2)14(23)7-6-12-16(24)20-17(25)18-12/h3-5,8,12H,6-7,9H2,1-2H3,(H2,18,20,24,25)/t12-/m0/s1. The number of hydrogen-bond acceptors (Lipinski definition) is 6. The Kier molecular flexibility index (Phi) is 4.97. The zero-order valence-electron chi connectivity index (χ0n) is 14.5. The molecule has 9 heteroatoms. The Hall–Kier alpha value is -3.23. The van der Waals surface area contributed by atoms with E-state index in [2.05, 4.69) is 20.8 Å². The zero-order chi connectivity index (χ0) is 18.7. The van der Waals surface area contributed by atoms with Gasteiger partial charge in [-0.25, -0.2) is 4.79 Å². The van der Waals surface area contributed by atoms with Crippen molar-refractivity contribution in [2.75, 3.05) is 7.05 Å². The van der Waals surface area contributed by atoms with E-state index in [1.54, 1.807) is 7.05 Å². The number of rotatable bonds is 6. The molecule has 0 bridgehead atoms. The number of aromatic nitrogens is 2. The van der Waals surface area contributed by atoms with E-state index in [1.807, 2.05) is 31.2 Å². The van der Waals surface area contributed by atoms with Crippen LogP contribution in [0, 0.1) is 6.92 Å². The number of nitrogens with one attached hydrogen (secondary N) is 2. The second-order valence-corrected chi connectivity index (χ2v) is 6.18. The summed E-state index contributed by atoms with van der Waals surface area (Å²) in [6.07, 6.45) is 0.354. The van der Waals surface area contributed by atoms with Crippen LogP contribution in [0.3, 0.4) is 0 Å². The van der Waals surface area contributed by atoms with Crippen LogP contribution in [-0.2, 0) is 16.1 Å². The molecule has 0 radical (unpaired) electrons. The molecule has 1 saturated heterocycles. The SMILES string of the molecule is Cc1cccc(-c2noc(CN(C)C(=O)CC[C@@H]3NC(=O)NC3=O)n2)c1. The van der Waals surface area contributed by atoms with E-state index in [-0.39, 0.29) is 25.3 Å². The molecule has 1 atom stereocenters.